The third kappa shape index (κ3) is 29.7. The van der Waals surface area contributed by atoms with E-state index in [1.165, 1.54) is 0 Å². The number of alkyl halides is 3. The Bertz CT molecular complexity index is 898. The third-order valence-electron chi connectivity index (χ3n) is 4.56. The molecule has 0 bridgehead atoms. The van der Waals surface area contributed by atoms with Gasteiger partial charge in [-0.25, -0.2) is 4.79 Å². The lowest BCUT2D eigenvalue weighted by Gasteiger charge is -2.05. The van der Waals surface area contributed by atoms with Crippen LogP contribution < -0.4 is 14.2 Å². The molecule has 0 saturated carbocycles. The summed E-state index contributed by atoms with van der Waals surface area (Å²) in [6.07, 6.45) is 0.833. The first-order chi connectivity index (χ1) is 21.6. The minimum atomic E-state index is -0.981. The maximum absolute atomic E-state index is 9.25. The molecule has 3 rings (SSSR count). The van der Waals surface area contributed by atoms with E-state index >= 15 is 0 Å². The van der Waals surface area contributed by atoms with E-state index < -0.39 is 5.97 Å². The van der Waals surface area contributed by atoms with Crippen LogP contribution in [0.3, 0.4) is 0 Å². The molecule has 0 aliphatic heterocycles. The number of ether oxygens (including phenoxy) is 6. The highest BCUT2D eigenvalue weighted by atomic mass is 79.9. The summed E-state index contributed by atoms with van der Waals surface area (Å²) >= 11 is 9.84. The van der Waals surface area contributed by atoms with E-state index in [2.05, 4.69) is 54.4 Å². The van der Waals surface area contributed by atoms with E-state index in [1.54, 1.807) is 0 Å². The number of hydrogen-bond acceptors (Lipinski definition) is 7. The average molecular weight is 807 g/mol. The molecule has 0 atom stereocenters. The minimum Gasteiger partial charge on any atom is -0.491 e. The monoisotopic (exact) mass is 804 g/mol. The Morgan fingerprint density at radius 3 is 0.977 bits per heavy atom. The average Bonchev–Trinajstić information content (AvgIpc) is 3.07. The van der Waals surface area contributed by atoms with Crippen LogP contribution in [-0.2, 0) is 19.0 Å². The second kappa shape index (κ2) is 33.5. The first-order valence-corrected chi connectivity index (χ1v) is 17.2. The van der Waals surface area contributed by atoms with Gasteiger partial charge >= 0.3 is 5.97 Å². The van der Waals surface area contributed by atoms with Gasteiger partial charge in [-0.1, -0.05) is 109 Å². The van der Waals surface area contributed by atoms with Gasteiger partial charge in [0.1, 0.15) is 37.1 Å². The van der Waals surface area contributed by atoms with Crippen LogP contribution in [-0.4, -0.2) is 86.5 Å². The van der Waals surface area contributed by atoms with Crippen LogP contribution in [0.2, 0.25) is 0 Å². The highest BCUT2D eigenvalue weighted by Gasteiger charge is 1.93. The van der Waals surface area contributed by atoms with Gasteiger partial charge in [0.05, 0.1) is 39.6 Å². The Balaban J connectivity index is 0.000000585. The first-order valence-electron chi connectivity index (χ1n) is 13.9. The lowest BCUT2D eigenvalue weighted by atomic mass is 10.3. The summed E-state index contributed by atoms with van der Waals surface area (Å²) in [5.41, 5.74) is 0. The first kappa shape index (κ1) is 41.6. The van der Waals surface area contributed by atoms with Crippen LogP contribution in [0.1, 0.15) is 0 Å². The molecule has 0 aromatic heterocycles. The zero-order valence-corrected chi connectivity index (χ0v) is 29.6. The lowest BCUT2D eigenvalue weighted by molar-refractivity contribution is -0.131. The predicted molar refractivity (Wildman–Crippen MR) is 187 cm³/mol. The molecule has 0 fully saturated rings. The smallest absolute Gasteiger partial charge is 0.327 e. The van der Waals surface area contributed by atoms with Gasteiger partial charge in [0.15, 0.2) is 0 Å². The molecular formula is C33H43Br3O8. The van der Waals surface area contributed by atoms with Crippen molar-refractivity contribution in [2.45, 2.75) is 0 Å². The summed E-state index contributed by atoms with van der Waals surface area (Å²) in [4.78, 5) is 9.25. The number of para-hydroxylation sites is 3. The van der Waals surface area contributed by atoms with Crippen molar-refractivity contribution in [2.24, 2.45) is 0 Å². The third-order valence-corrected chi connectivity index (χ3v) is 5.53. The summed E-state index contributed by atoms with van der Waals surface area (Å²) in [6.45, 7) is 8.91. The van der Waals surface area contributed by atoms with Gasteiger partial charge in [-0.15, -0.1) is 0 Å². The Morgan fingerprint density at radius 1 is 0.523 bits per heavy atom. The summed E-state index contributed by atoms with van der Waals surface area (Å²) in [6, 6.07) is 29.2. The summed E-state index contributed by atoms with van der Waals surface area (Å²) in [5, 5.41) is 10.2. The van der Waals surface area contributed by atoms with Crippen molar-refractivity contribution < 1.29 is 38.3 Å². The Morgan fingerprint density at radius 2 is 0.773 bits per heavy atom. The number of benzene rings is 3. The van der Waals surface area contributed by atoms with Crippen LogP contribution in [0.25, 0.3) is 0 Å². The molecule has 0 unspecified atom stereocenters. The van der Waals surface area contributed by atoms with Crippen LogP contribution in [0.15, 0.2) is 104 Å². The molecule has 3 aromatic rings. The summed E-state index contributed by atoms with van der Waals surface area (Å²) in [7, 11) is 0. The Hall–Kier alpha value is -2.41. The normalized spacial score (nSPS) is 9.52. The quantitative estimate of drug-likeness (QED) is 0.0750. The van der Waals surface area contributed by atoms with Crippen molar-refractivity contribution in [2.75, 3.05) is 75.5 Å². The maximum atomic E-state index is 9.25. The van der Waals surface area contributed by atoms with E-state index in [9.17, 15) is 4.79 Å². The number of hydrogen-bond donors (Lipinski definition) is 1. The van der Waals surface area contributed by atoms with Gasteiger partial charge in [-0.3, -0.25) is 0 Å². The Kier molecular flexibility index (Phi) is 31.6. The zero-order valence-electron chi connectivity index (χ0n) is 24.9. The number of carboxylic acid groups (broad SMARTS) is 1. The van der Waals surface area contributed by atoms with Crippen molar-refractivity contribution >= 4 is 53.8 Å². The van der Waals surface area contributed by atoms with Crippen LogP contribution in [0.5, 0.6) is 17.2 Å². The summed E-state index contributed by atoms with van der Waals surface area (Å²) < 4.78 is 31.9. The predicted octanol–water partition coefficient (Wildman–Crippen LogP) is 7.69. The molecule has 0 aliphatic rings. The van der Waals surface area contributed by atoms with Gasteiger partial charge in [0, 0.05) is 22.1 Å². The molecule has 44 heavy (non-hydrogen) atoms. The molecule has 0 heterocycles. The second-order valence-corrected chi connectivity index (χ2v) is 10.3. The summed E-state index contributed by atoms with van der Waals surface area (Å²) in [5.74, 6) is 1.70. The molecular weight excluding hydrogens is 764 g/mol. The fraction of sp³-hybridized carbons (Fsp3) is 0.364. The SMILES string of the molecule is BrCCOCCOc1ccccc1.BrCCOCCOc1ccccc1.BrCCOCCOc1ccccc1.C=CC(=O)O. The molecule has 8 nitrogen and oxygen atoms in total. The lowest BCUT2D eigenvalue weighted by Crippen LogP contribution is -2.07. The number of carbonyl (C=O) groups is 1. The fourth-order valence-electron chi connectivity index (χ4n) is 2.68. The standard InChI is InChI=1S/3C10H13BrO2.C3H4O2/c3*11-6-7-12-8-9-13-10-4-2-1-3-5-10;1-2-3(4)5/h3*1-5H,6-9H2;2H,1H2,(H,4,5). The van der Waals surface area contributed by atoms with Gasteiger partial charge < -0.3 is 33.5 Å². The molecule has 11 heteroatoms. The van der Waals surface area contributed by atoms with E-state index in [1.807, 2.05) is 91.0 Å². The van der Waals surface area contributed by atoms with Gasteiger partial charge in [0.25, 0.3) is 0 Å². The highest BCUT2D eigenvalue weighted by molar-refractivity contribution is 9.09. The van der Waals surface area contributed by atoms with Crippen LogP contribution >= 0.6 is 47.8 Å². The number of halogens is 3. The molecule has 0 aliphatic carbocycles. The van der Waals surface area contributed by atoms with Gasteiger partial charge in [-0.2, -0.15) is 0 Å². The molecule has 0 spiro atoms. The van der Waals surface area contributed by atoms with Crippen LogP contribution in [0, 0.1) is 0 Å². The number of aliphatic carboxylic acids is 1. The van der Waals surface area contributed by atoms with Crippen molar-refractivity contribution in [1.82, 2.24) is 0 Å². The number of rotatable bonds is 19. The largest absolute Gasteiger partial charge is 0.491 e. The van der Waals surface area contributed by atoms with E-state index in [0.29, 0.717) is 39.6 Å². The maximum Gasteiger partial charge on any atom is 0.327 e. The topological polar surface area (TPSA) is 92.7 Å². The van der Waals surface area contributed by atoms with Gasteiger partial charge in [0.2, 0.25) is 0 Å². The molecule has 0 radical (unpaired) electrons. The molecule has 244 valence electrons. The van der Waals surface area contributed by atoms with Gasteiger partial charge in [-0.05, 0) is 36.4 Å². The van der Waals surface area contributed by atoms with Crippen molar-refractivity contribution in [3.63, 3.8) is 0 Å². The van der Waals surface area contributed by atoms with Crippen molar-refractivity contribution in [3.8, 4) is 17.2 Å². The zero-order chi connectivity index (χ0) is 32.4. The minimum absolute atomic E-state index is 0.608. The van der Waals surface area contributed by atoms with E-state index in [0.717, 1.165) is 59.1 Å². The molecule has 0 saturated heterocycles. The second-order valence-electron chi connectivity index (χ2n) is 7.93. The number of carboxylic acids is 1. The molecule has 1 N–H and O–H groups in total. The highest BCUT2D eigenvalue weighted by Crippen LogP contribution is 2.09. The van der Waals surface area contributed by atoms with E-state index in [-0.39, 0.29) is 0 Å². The molecule has 0 amide bonds. The van der Waals surface area contributed by atoms with E-state index in [4.69, 9.17) is 33.5 Å². The Labute approximate surface area is 287 Å². The van der Waals surface area contributed by atoms with Crippen molar-refractivity contribution in [1.29, 1.82) is 0 Å². The molecule has 3 aromatic carbocycles. The van der Waals surface area contributed by atoms with Crippen LogP contribution in [0.4, 0.5) is 0 Å². The fourth-order valence-corrected chi connectivity index (χ4v) is 3.36. The van der Waals surface area contributed by atoms with Crippen molar-refractivity contribution in [3.05, 3.63) is 104 Å².